The van der Waals surface area contributed by atoms with Gasteiger partial charge in [0.15, 0.2) is 0 Å². The van der Waals surface area contributed by atoms with Crippen LogP contribution in [0.3, 0.4) is 0 Å². The van der Waals surface area contributed by atoms with Crippen LogP contribution in [0, 0.1) is 13.8 Å². The summed E-state index contributed by atoms with van der Waals surface area (Å²) >= 11 is 0. The lowest BCUT2D eigenvalue weighted by Crippen LogP contribution is -2.35. The quantitative estimate of drug-likeness (QED) is 0.401. The first-order valence-electron chi connectivity index (χ1n) is 11.1. The lowest BCUT2D eigenvalue weighted by atomic mass is 9.89. The van der Waals surface area contributed by atoms with Gasteiger partial charge in [0, 0.05) is 36.7 Å². The number of ether oxygens (including phenoxy) is 1. The van der Waals surface area contributed by atoms with Crippen molar-refractivity contribution in [2.45, 2.75) is 20.4 Å². The van der Waals surface area contributed by atoms with E-state index in [0.29, 0.717) is 5.58 Å². The molecule has 1 fully saturated rings. The van der Waals surface area contributed by atoms with E-state index in [1.165, 1.54) is 16.7 Å². The Morgan fingerprint density at radius 1 is 0.875 bits per heavy atom. The molecule has 0 spiro atoms. The summed E-state index contributed by atoms with van der Waals surface area (Å²) in [5.74, 6) is 0. The molecule has 1 aliphatic rings. The van der Waals surface area contributed by atoms with Gasteiger partial charge in [0.05, 0.1) is 13.2 Å². The fourth-order valence-electron chi connectivity index (χ4n) is 4.77. The van der Waals surface area contributed by atoms with Crippen LogP contribution in [0.15, 0.2) is 75.9 Å². The third kappa shape index (κ3) is 3.99. The SMILES string of the molecule is Cc1cc2oc(=O)cc(-c3ccccc3)c2c(C)c1-c1ccc(CN2CCOCC2)cc1. The predicted molar refractivity (Wildman–Crippen MR) is 129 cm³/mol. The van der Waals surface area contributed by atoms with Crippen LogP contribution in [-0.4, -0.2) is 31.2 Å². The van der Waals surface area contributed by atoms with Gasteiger partial charge in [0.1, 0.15) is 5.58 Å². The Balaban J connectivity index is 1.58. The largest absolute Gasteiger partial charge is 0.423 e. The van der Waals surface area contributed by atoms with E-state index in [4.69, 9.17) is 9.15 Å². The van der Waals surface area contributed by atoms with Gasteiger partial charge in [-0.05, 0) is 53.3 Å². The predicted octanol–water partition coefficient (Wildman–Crippen LogP) is 5.58. The number of aryl methyl sites for hydroxylation is 2. The van der Waals surface area contributed by atoms with Crippen molar-refractivity contribution < 1.29 is 9.15 Å². The van der Waals surface area contributed by atoms with E-state index in [1.54, 1.807) is 6.07 Å². The summed E-state index contributed by atoms with van der Waals surface area (Å²) in [6, 6.07) is 22.5. The Labute approximate surface area is 188 Å². The van der Waals surface area contributed by atoms with E-state index >= 15 is 0 Å². The molecular formula is C28H27NO3. The van der Waals surface area contributed by atoms with Gasteiger partial charge >= 0.3 is 5.63 Å². The second kappa shape index (κ2) is 8.73. The maximum Gasteiger partial charge on any atom is 0.336 e. The highest BCUT2D eigenvalue weighted by atomic mass is 16.5. The van der Waals surface area contributed by atoms with Gasteiger partial charge < -0.3 is 9.15 Å². The van der Waals surface area contributed by atoms with E-state index in [9.17, 15) is 4.79 Å². The molecule has 0 saturated carbocycles. The van der Waals surface area contributed by atoms with E-state index in [2.05, 4.69) is 43.0 Å². The number of benzene rings is 3. The molecule has 162 valence electrons. The van der Waals surface area contributed by atoms with E-state index in [1.807, 2.05) is 36.4 Å². The summed E-state index contributed by atoms with van der Waals surface area (Å²) in [6.45, 7) is 8.75. The van der Waals surface area contributed by atoms with Crippen molar-refractivity contribution in [1.29, 1.82) is 0 Å². The Bertz CT molecular complexity index is 1300. The summed E-state index contributed by atoms with van der Waals surface area (Å²) in [4.78, 5) is 14.7. The van der Waals surface area contributed by atoms with Gasteiger partial charge in [-0.15, -0.1) is 0 Å². The van der Waals surface area contributed by atoms with Crippen LogP contribution in [-0.2, 0) is 11.3 Å². The molecule has 0 aliphatic carbocycles. The highest BCUT2D eigenvalue weighted by Gasteiger charge is 2.17. The summed E-state index contributed by atoms with van der Waals surface area (Å²) in [5, 5.41) is 0.994. The molecule has 0 amide bonds. The molecule has 0 radical (unpaired) electrons. The minimum Gasteiger partial charge on any atom is -0.423 e. The first-order chi connectivity index (χ1) is 15.6. The Kier molecular flexibility index (Phi) is 5.64. The summed E-state index contributed by atoms with van der Waals surface area (Å²) in [7, 11) is 0. The number of morpholine rings is 1. The van der Waals surface area contributed by atoms with Gasteiger partial charge in [-0.25, -0.2) is 4.79 Å². The minimum absolute atomic E-state index is 0.324. The van der Waals surface area contributed by atoms with Gasteiger partial charge in [0.25, 0.3) is 0 Å². The zero-order valence-electron chi connectivity index (χ0n) is 18.6. The van der Waals surface area contributed by atoms with Crippen LogP contribution < -0.4 is 5.63 Å². The van der Waals surface area contributed by atoms with Crippen LogP contribution in [0.4, 0.5) is 0 Å². The van der Waals surface area contributed by atoms with Gasteiger partial charge in [0.2, 0.25) is 0 Å². The molecule has 0 bridgehead atoms. The van der Waals surface area contributed by atoms with Crippen LogP contribution in [0.1, 0.15) is 16.7 Å². The van der Waals surface area contributed by atoms with Crippen molar-refractivity contribution in [2.75, 3.05) is 26.3 Å². The van der Waals surface area contributed by atoms with Crippen molar-refractivity contribution in [2.24, 2.45) is 0 Å². The molecule has 4 heteroatoms. The number of nitrogens with zero attached hydrogens (tertiary/aromatic N) is 1. The standard InChI is InChI=1S/C28H27NO3/c1-19-16-25-28(24(17-26(30)32-25)22-6-4-3-5-7-22)20(2)27(19)23-10-8-21(9-11-23)18-29-12-14-31-15-13-29/h3-11,16-17H,12-15,18H2,1-2H3. The molecule has 1 aliphatic heterocycles. The van der Waals surface area contributed by atoms with Crippen molar-refractivity contribution in [1.82, 2.24) is 4.90 Å². The molecule has 5 rings (SSSR count). The zero-order chi connectivity index (χ0) is 22.1. The maximum atomic E-state index is 12.3. The molecule has 1 aromatic heterocycles. The minimum atomic E-state index is -0.324. The Morgan fingerprint density at radius 3 is 2.31 bits per heavy atom. The number of hydrogen-bond acceptors (Lipinski definition) is 4. The third-order valence-corrected chi connectivity index (χ3v) is 6.32. The van der Waals surface area contributed by atoms with Crippen molar-refractivity contribution in [3.05, 3.63) is 93.8 Å². The molecule has 4 nitrogen and oxygen atoms in total. The highest BCUT2D eigenvalue weighted by molar-refractivity contribution is 6.00. The number of rotatable bonds is 4. The summed E-state index contributed by atoms with van der Waals surface area (Å²) < 4.78 is 11.1. The van der Waals surface area contributed by atoms with Crippen molar-refractivity contribution >= 4 is 11.0 Å². The Morgan fingerprint density at radius 2 is 1.59 bits per heavy atom. The average molecular weight is 426 g/mol. The number of hydrogen-bond donors (Lipinski definition) is 0. The molecule has 1 saturated heterocycles. The first-order valence-corrected chi connectivity index (χ1v) is 11.1. The molecule has 32 heavy (non-hydrogen) atoms. The van der Waals surface area contributed by atoms with Crippen LogP contribution in [0.2, 0.25) is 0 Å². The normalized spacial score (nSPS) is 14.7. The average Bonchev–Trinajstić information content (AvgIpc) is 2.80. The van der Waals surface area contributed by atoms with Crippen molar-refractivity contribution in [3.8, 4) is 22.3 Å². The fourth-order valence-corrected chi connectivity index (χ4v) is 4.77. The maximum absolute atomic E-state index is 12.3. The van der Waals surface area contributed by atoms with Crippen LogP contribution in [0.5, 0.6) is 0 Å². The second-order valence-electron chi connectivity index (χ2n) is 8.50. The summed E-state index contributed by atoms with van der Waals surface area (Å²) in [5.41, 5.74) is 8.16. The zero-order valence-corrected chi connectivity index (χ0v) is 18.6. The van der Waals surface area contributed by atoms with Gasteiger partial charge in [-0.2, -0.15) is 0 Å². The lowest BCUT2D eigenvalue weighted by Gasteiger charge is -2.26. The monoisotopic (exact) mass is 425 g/mol. The highest BCUT2D eigenvalue weighted by Crippen LogP contribution is 2.37. The van der Waals surface area contributed by atoms with Gasteiger partial charge in [-0.3, -0.25) is 4.90 Å². The topological polar surface area (TPSA) is 42.7 Å². The van der Waals surface area contributed by atoms with Crippen molar-refractivity contribution in [3.63, 3.8) is 0 Å². The van der Waals surface area contributed by atoms with E-state index < -0.39 is 0 Å². The molecule has 0 unspecified atom stereocenters. The lowest BCUT2D eigenvalue weighted by molar-refractivity contribution is 0.0342. The van der Waals surface area contributed by atoms with Crippen LogP contribution >= 0.6 is 0 Å². The van der Waals surface area contributed by atoms with Gasteiger partial charge in [-0.1, -0.05) is 54.6 Å². The molecule has 4 aromatic rings. The molecular weight excluding hydrogens is 398 g/mol. The third-order valence-electron chi connectivity index (χ3n) is 6.32. The molecule has 2 heterocycles. The number of fused-ring (bicyclic) bond motifs is 1. The Hall–Kier alpha value is -3.21. The van der Waals surface area contributed by atoms with E-state index in [-0.39, 0.29) is 5.63 Å². The molecule has 0 atom stereocenters. The first kappa shape index (κ1) is 20.7. The second-order valence-corrected chi connectivity index (χ2v) is 8.50. The van der Waals surface area contributed by atoms with E-state index in [0.717, 1.165) is 60.5 Å². The smallest absolute Gasteiger partial charge is 0.336 e. The molecule has 3 aromatic carbocycles. The molecule has 0 N–H and O–H groups in total. The summed E-state index contributed by atoms with van der Waals surface area (Å²) in [6.07, 6.45) is 0. The van der Waals surface area contributed by atoms with Crippen LogP contribution in [0.25, 0.3) is 33.2 Å². The fraction of sp³-hybridized carbons (Fsp3) is 0.250.